The molecular weight excluding hydrogens is 438 g/mol. The van der Waals surface area contributed by atoms with E-state index in [0.717, 1.165) is 36.8 Å². The van der Waals surface area contributed by atoms with E-state index in [1.54, 1.807) is 6.20 Å². The van der Waals surface area contributed by atoms with E-state index >= 15 is 0 Å². The van der Waals surface area contributed by atoms with Crippen LogP contribution in [0, 0.1) is 0 Å². The van der Waals surface area contributed by atoms with Crippen LogP contribution in [-0.2, 0) is 6.54 Å². The molecule has 0 unspecified atom stereocenters. The topological polar surface area (TPSA) is 62.1 Å². The summed E-state index contributed by atoms with van der Waals surface area (Å²) < 4.78 is 7.84. The fourth-order valence-corrected chi connectivity index (χ4v) is 4.08. The van der Waals surface area contributed by atoms with Crippen LogP contribution < -0.4 is 10.1 Å². The van der Waals surface area contributed by atoms with Crippen molar-refractivity contribution in [2.45, 2.75) is 6.54 Å². The van der Waals surface area contributed by atoms with Crippen molar-refractivity contribution < 1.29 is 9.53 Å². The second kappa shape index (κ2) is 9.52. The Morgan fingerprint density at radius 1 is 0.970 bits per heavy atom. The zero-order valence-electron chi connectivity index (χ0n) is 18.0. The van der Waals surface area contributed by atoms with Crippen LogP contribution in [0.15, 0.2) is 79.3 Å². The Balaban J connectivity index is 1.15. The summed E-state index contributed by atoms with van der Waals surface area (Å²) in [5.74, 6) is 1.54. The van der Waals surface area contributed by atoms with E-state index in [1.807, 2.05) is 70.2 Å². The minimum absolute atomic E-state index is 0.0934. The van der Waals surface area contributed by atoms with Gasteiger partial charge < -0.3 is 19.4 Å². The van der Waals surface area contributed by atoms with Crippen molar-refractivity contribution in [2.75, 3.05) is 31.5 Å². The second-order valence-electron chi connectivity index (χ2n) is 7.98. The molecule has 2 aromatic carbocycles. The van der Waals surface area contributed by atoms with Crippen molar-refractivity contribution in [1.82, 2.24) is 19.2 Å². The van der Waals surface area contributed by atoms with Gasteiger partial charge in [-0.15, -0.1) is 0 Å². The molecule has 7 nitrogen and oxygen atoms in total. The molecular formula is C25H24ClN5O2. The zero-order valence-corrected chi connectivity index (χ0v) is 18.8. The Morgan fingerprint density at radius 2 is 1.79 bits per heavy atom. The molecule has 1 saturated heterocycles. The third kappa shape index (κ3) is 5.10. The molecule has 8 heteroatoms. The number of rotatable bonds is 5. The number of piperazine rings is 1. The van der Waals surface area contributed by atoms with E-state index in [9.17, 15) is 4.79 Å². The molecule has 0 aliphatic carbocycles. The van der Waals surface area contributed by atoms with Crippen LogP contribution in [0.25, 0.3) is 5.65 Å². The Bertz CT molecular complexity index is 1250. The minimum Gasteiger partial charge on any atom is -0.457 e. The lowest BCUT2D eigenvalue weighted by atomic mass is 10.2. The van der Waals surface area contributed by atoms with Crippen LogP contribution in [-0.4, -0.2) is 51.4 Å². The summed E-state index contributed by atoms with van der Waals surface area (Å²) in [5.41, 5.74) is 2.63. The Morgan fingerprint density at radius 3 is 2.61 bits per heavy atom. The predicted molar refractivity (Wildman–Crippen MR) is 129 cm³/mol. The zero-order chi connectivity index (χ0) is 22.6. The summed E-state index contributed by atoms with van der Waals surface area (Å²) in [5, 5.41) is 3.68. The van der Waals surface area contributed by atoms with E-state index in [1.165, 1.54) is 5.56 Å². The molecule has 0 spiro atoms. The highest BCUT2D eigenvalue weighted by atomic mass is 35.5. The number of nitrogens with zero attached hydrogens (tertiary/aromatic N) is 4. The Hall–Kier alpha value is -3.55. The molecule has 33 heavy (non-hydrogen) atoms. The summed E-state index contributed by atoms with van der Waals surface area (Å²) in [4.78, 5) is 21.3. The number of aromatic nitrogens is 2. The van der Waals surface area contributed by atoms with Gasteiger partial charge in [0.1, 0.15) is 11.5 Å². The number of benzene rings is 2. The summed E-state index contributed by atoms with van der Waals surface area (Å²) in [6.45, 7) is 3.77. The maximum absolute atomic E-state index is 12.8. The molecule has 1 aliphatic heterocycles. The van der Waals surface area contributed by atoms with Crippen LogP contribution >= 0.6 is 11.6 Å². The lowest BCUT2D eigenvalue weighted by Gasteiger charge is -2.34. The lowest BCUT2D eigenvalue weighted by molar-refractivity contribution is 0.143. The molecule has 1 fully saturated rings. The smallest absolute Gasteiger partial charge is 0.322 e. The number of carbonyl (C=O) groups is 1. The van der Waals surface area contributed by atoms with E-state index in [2.05, 4.69) is 27.3 Å². The average molecular weight is 462 g/mol. The number of amides is 2. The molecule has 168 valence electrons. The SMILES string of the molecule is O=C(Nc1cccn2ccnc12)N1CCN(Cc2cccc(Oc3ccc(Cl)cc3)c2)CC1. The van der Waals surface area contributed by atoms with Gasteiger partial charge in [-0.05, 0) is 54.1 Å². The number of hydrogen-bond acceptors (Lipinski definition) is 4. The number of ether oxygens (including phenoxy) is 1. The Kier molecular flexibility index (Phi) is 6.15. The van der Waals surface area contributed by atoms with Crippen molar-refractivity contribution in [2.24, 2.45) is 0 Å². The number of nitrogens with one attached hydrogen (secondary N) is 1. The number of anilines is 1. The molecule has 0 radical (unpaired) electrons. The van der Waals surface area contributed by atoms with Crippen molar-refractivity contribution in [1.29, 1.82) is 0 Å². The third-order valence-corrected chi connectivity index (χ3v) is 5.93. The van der Waals surface area contributed by atoms with E-state index in [4.69, 9.17) is 16.3 Å². The molecule has 3 heterocycles. The van der Waals surface area contributed by atoms with E-state index < -0.39 is 0 Å². The number of fused-ring (bicyclic) bond motifs is 1. The molecule has 5 rings (SSSR count). The van der Waals surface area contributed by atoms with Gasteiger partial charge in [0, 0.05) is 56.3 Å². The number of hydrogen-bond donors (Lipinski definition) is 1. The van der Waals surface area contributed by atoms with Gasteiger partial charge in [0.25, 0.3) is 0 Å². The maximum Gasteiger partial charge on any atom is 0.322 e. The molecule has 1 N–H and O–H groups in total. The van der Waals surface area contributed by atoms with Gasteiger partial charge in [0.05, 0.1) is 5.69 Å². The van der Waals surface area contributed by atoms with Gasteiger partial charge in [0.15, 0.2) is 5.65 Å². The largest absolute Gasteiger partial charge is 0.457 e. The van der Waals surface area contributed by atoms with Gasteiger partial charge in [-0.2, -0.15) is 0 Å². The summed E-state index contributed by atoms with van der Waals surface area (Å²) in [6, 6.07) is 19.1. The van der Waals surface area contributed by atoms with Gasteiger partial charge in [0.2, 0.25) is 0 Å². The number of urea groups is 1. The third-order valence-electron chi connectivity index (χ3n) is 5.67. The number of halogens is 1. The Labute approximate surface area is 197 Å². The van der Waals surface area contributed by atoms with Gasteiger partial charge in [-0.25, -0.2) is 9.78 Å². The van der Waals surface area contributed by atoms with Crippen LogP contribution in [0.3, 0.4) is 0 Å². The first-order valence-electron chi connectivity index (χ1n) is 10.9. The predicted octanol–water partition coefficient (Wildman–Crippen LogP) is 5.13. The highest BCUT2D eigenvalue weighted by Gasteiger charge is 2.22. The van der Waals surface area contributed by atoms with E-state index in [-0.39, 0.29) is 6.03 Å². The average Bonchev–Trinajstić information content (AvgIpc) is 3.31. The van der Waals surface area contributed by atoms with Crippen molar-refractivity contribution in [3.8, 4) is 11.5 Å². The lowest BCUT2D eigenvalue weighted by Crippen LogP contribution is -2.49. The quantitative estimate of drug-likeness (QED) is 0.447. The molecule has 0 saturated carbocycles. The summed E-state index contributed by atoms with van der Waals surface area (Å²) in [7, 11) is 0. The first-order valence-corrected chi connectivity index (χ1v) is 11.2. The van der Waals surface area contributed by atoms with Crippen LogP contribution in [0.2, 0.25) is 5.02 Å². The second-order valence-corrected chi connectivity index (χ2v) is 8.41. The van der Waals surface area contributed by atoms with E-state index in [0.29, 0.717) is 23.8 Å². The summed E-state index contributed by atoms with van der Waals surface area (Å²) >= 11 is 5.94. The van der Waals surface area contributed by atoms with Gasteiger partial charge in [-0.3, -0.25) is 4.90 Å². The van der Waals surface area contributed by atoms with Crippen LogP contribution in [0.1, 0.15) is 5.56 Å². The van der Waals surface area contributed by atoms with Crippen LogP contribution in [0.4, 0.5) is 10.5 Å². The normalized spacial score (nSPS) is 14.4. The first-order chi connectivity index (χ1) is 16.1. The standard InChI is InChI=1S/C25H24ClN5O2/c26-20-6-8-21(9-7-20)33-22-4-1-3-19(17-22)18-29-13-15-31(16-14-29)25(32)28-23-5-2-11-30-12-10-27-24(23)30/h1-12,17H,13-16,18H2,(H,28,32). The number of carbonyl (C=O) groups excluding carboxylic acids is 1. The molecule has 4 aromatic rings. The monoisotopic (exact) mass is 461 g/mol. The summed E-state index contributed by atoms with van der Waals surface area (Å²) in [6.07, 6.45) is 5.49. The van der Waals surface area contributed by atoms with Crippen molar-refractivity contribution >= 4 is 29.0 Å². The molecule has 2 amide bonds. The molecule has 2 aromatic heterocycles. The fraction of sp³-hybridized carbons (Fsp3) is 0.200. The fourth-order valence-electron chi connectivity index (χ4n) is 3.95. The van der Waals surface area contributed by atoms with Crippen molar-refractivity contribution in [3.05, 3.63) is 89.8 Å². The molecule has 0 atom stereocenters. The van der Waals surface area contributed by atoms with Gasteiger partial charge in [-0.1, -0.05) is 23.7 Å². The maximum atomic E-state index is 12.8. The highest BCUT2D eigenvalue weighted by molar-refractivity contribution is 6.30. The highest BCUT2D eigenvalue weighted by Crippen LogP contribution is 2.24. The van der Waals surface area contributed by atoms with Gasteiger partial charge >= 0.3 is 6.03 Å². The van der Waals surface area contributed by atoms with Crippen LogP contribution in [0.5, 0.6) is 11.5 Å². The number of imidazole rings is 1. The van der Waals surface area contributed by atoms with Crippen molar-refractivity contribution in [3.63, 3.8) is 0 Å². The molecule has 1 aliphatic rings. The molecule has 0 bridgehead atoms. The number of pyridine rings is 1. The first kappa shape index (κ1) is 21.3. The minimum atomic E-state index is -0.0934.